The molecule has 0 aliphatic carbocycles. The molecule has 0 unspecified atom stereocenters. The van der Waals surface area contributed by atoms with E-state index < -0.39 is 0 Å². The molecule has 0 amide bonds. The summed E-state index contributed by atoms with van der Waals surface area (Å²) in [6.07, 6.45) is 3.10. The fourth-order valence-corrected chi connectivity index (χ4v) is 3.46. The van der Waals surface area contributed by atoms with Crippen LogP contribution in [-0.4, -0.2) is 54.9 Å². The Balaban J connectivity index is 1.43. The summed E-state index contributed by atoms with van der Waals surface area (Å²) in [7, 11) is 1.61. The lowest BCUT2D eigenvalue weighted by atomic mass is 10.1. The average molecular weight is 536 g/mol. The van der Waals surface area contributed by atoms with Crippen LogP contribution < -0.4 is 14.2 Å². The first kappa shape index (κ1) is 23.0. The molecule has 3 rings (SSSR count). The van der Waals surface area contributed by atoms with Gasteiger partial charge in [-0.25, -0.2) is 10.1 Å². The number of methoxy groups -OCH3 is 1. The number of nitrogens with zero attached hydrogens (tertiary/aromatic N) is 3. The summed E-state index contributed by atoms with van der Waals surface area (Å²) >= 11 is 2.21. The summed E-state index contributed by atoms with van der Waals surface area (Å²) in [6, 6.07) is 9.87. The molecule has 0 aliphatic rings. The van der Waals surface area contributed by atoms with Gasteiger partial charge in [-0.3, -0.25) is 0 Å². The number of benzene rings is 2. The number of aryl methyl sites for hydroxylation is 2. The molecule has 0 bridgehead atoms. The molecule has 164 valence electrons. The van der Waals surface area contributed by atoms with Crippen molar-refractivity contribution in [1.82, 2.24) is 15.2 Å². The standard InChI is InChI=1S/C22H25IN4O4/c1-15-4-5-18(10-16(15)2)30-8-6-29-7-9-31-21-19(23)11-17(12-20(21)28-3)13-24-22-25-14-26-27-22/h4-5,10-14H,6-9H2,1-3H3,(H,25,26,27). The Morgan fingerprint density at radius 3 is 2.55 bits per heavy atom. The molecule has 3 aromatic rings. The molecule has 0 saturated carbocycles. The van der Waals surface area contributed by atoms with Gasteiger partial charge in [0.2, 0.25) is 5.95 Å². The lowest BCUT2D eigenvalue weighted by Gasteiger charge is -2.14. The predicted octanol–water partition coefficient (Wildman–Crippen LogP) is 4.26. The Hall–Kier alpha value is -2.66. The number of H-pyrrole nitrogens is 1. The number of aromatic amines is 1. The maximum absolute atomic E-state index is 5.89. The van der Waals surface area contributed by atoms with E-state index in [-0.39, 0.29) is 0 Å². The number of rotatable bonds is 11. The van der Waals surface area contributed by atoms with Gasteiger partial charge < -0.3 is 18.9 Å². The van der Waals surface area contributed by atoms with Crippen LogP contribution in [0.3, 0.4) is 0 Å². The molecule has 0 atom stereocenters. The quantitative estimate of drug-likeness (QED) is 0.224. The van der Waals surface area contributed by atoms with Crippen LogP contribution in [0, 0.1) is 17.4 Å². The summed E-state index contributed by atoms with van der Waals surface area (Å²) in [5.74, 6) is 2.60. The smallest absolute Gasteiger partial charge is 0.245 e. The Morgan fingerprint density at radius 2 is 1.84 bits per heavy atom. The van der Waals surface area contributed by atoms with E-state index in [4.69, 9.17) is 18.9 Å². The highest BCUT2D eigenvalue weighted by molar-refractivity contribution is 14.1. The zero-order valence-corrected chi connectivity index (χ0v) is 19.9. The van der Waals surface area contributed by atoms with Gasteiger partial charge in [0, 0.05) is 6.21 Å². The van der Waals surface area contributed by atoms with Gasteiger partial charge in [0.05, 0.1) is 23.9 Å². The molecule has 9 heteroatoms. The SMILES string of the molecule is COc1cc(C=Nc2ncn[nH]2)cc(I)c1OCCOCCOc1ccc(C)c(C)c1. The van der Waals surface area contributed by atoms with Crippen molar-refractivity contribution < 1.29 is 18.9 Å². The molecule has 31 heavy (non-hydrogen) atoms. The van der Waals surface area contributed by atoms with Crippen molar-refractivity contribution in [2.75, 3.05) is 33.5 Å². The number of halogens is 1. The highest BCUT2D eigenvalue weighted by atomic mass is 127. The van der Waals surface area contributed by atoms with Crippen LogP contribution in [0.5, 0.6) is 17.2 Å². The van der Waals surface area contributed by atoms with Crippen molar-refractivity contribution in [1.29, 1.82) is 0 Å². The van der Waals surface area contributed by atoms with E-state index >= 15 is 0 Å². The van der Waals surface area contributed by atoms with Crippen molar-refractivity contribution in [2.24, 2.45) is 4.99 Å². The largest absolute Gasteiger partial charge is 0.493 e. The first-order valence-electron chi connectivity index (χ1n) is 9.74. The third-order valence-electron chi connectivity index (χ3n) is 4.44. The average Bonchev–Trinajstić information content (AvgIpc) is 3.28. The number of aliphatic imine (C=N–C) groups is 1. The van der Waals surface area contributed by atoms with Crippen molar-refractivity contribution in [3.05, 3.63) is 56.9 Å². The summed E-state index contributed by atoms with van der Waals surface area (Å²) in [5.41, 5.74) is 3.33. The highest BCUT2D eigenvalue weighted by Crippen LogP contribution is 2.33. The van der Waals surface area contributed by atoms with Crippen molar-refractivity contribution >= 4 is 34.8 Å². The molecule has 2 aromatic carbocycles. The number of ether oxygens (including phenoxy) is 4. The van der Waals surface area contributed by atoms with Crippen LogP contribution >= 0.6 is 22.6 Å². The summed E-state index contributed by atoms with van der Waals surface area (Å²) in [4.78, 5) is 8.20. The van der Waals surface area contributed by atoms with Crippen molar-refractivity contribution in [3.63, 3.8) is 0 Å². The van der Waals surface area contributed by atoms with Crippen LogP contribution in [-0.2, 0) is 4.74 Å². The van der Waals surface area contributed by atoms with Gasteiger partial charge in [0.25, 0.3) is 0 Å². The molecule has 0 spiro atoms. The van der Waals surface area contributed by atoms with Gasteiger partial charge in [-0.15, -0.1) is 0 Å². The van der Waals surface area contributed by atoms with Gasteiger partial charge in [-0.05, 0) is 77.4 Å². The summed E-state index contributed by atoms with van der Waals surface area (Å²) in [5, 5.41) is 6.45. The number of hydrogen-bond donors (Lipinski definition) is 1. The molecular weight excluding hydrogens is 511 g/mol. The summed E-state index contributed by atoms with van der Waals surface area (Å²) in [6.45, 7) is 5.98. The van der Waals surface area contributed by atoms with E-state index in [9.17, 15) is 0 Å². The molecule has 0 aliphatic heterocycles. The van der Waals surface area contributed by atoms with Gasteiger partial charge in [0.15, 0.2) is 11.5 Å². The minimum atomic E-state index is 0.404. The zero-order valence-electron chi connectivity index (χ0n) is 17.7. The second kappa shape index (κ2) is 11.7. The molecule has 1 aromatic heterocycles. The van der Waals surface area contributed by atoms with Crippen LogP contribution in [0.2, 0.25) is 0 Å². The lowest BCUT2D eigenvalue weighted by molar-refractivity contribution is 0.0755. The maximum atomic E-state index is 5.89. The Morgan fingerprint density at radius 1 is 1.03 bits per heavy atom. The van der Waals surface area contributed by atoms with Gasteiger partial charge in [-0.2, -0.15) is 10.1 Å². The van der Waals surface area contributed by atoms with E-state index in [1.165, 1.54) is 17.5 Å². The van der Waals surface area contributed by atoms with Crippen LogP contribution in [0.25, 0.3) is 0 Å². The monoisotopic (exact) mass is 536 g/mol. The van der Waals surface area contributed by atoms with Crippen molar-refractivity contribution in [2.45, 2.75) is 13.8 Å². The predicted molar refractivity (Wildman–Crippen MR) is 127 cm³/mol. The molecular formula is C22H25IN4O4. The zero-order chi connectivity index (χ0) is 22.1. The second-order valence-electron chi connectivity index (χ2n) is 6.66. The van der Waals surface area contributed by atoms with E-state index in [0.29, 0.717) is 43.9 Å². The van der Waals surface area contributed by atoms with E-state index in [1.807, 2.05) is 24.3 Å². The van der Waals surface area contributed by atoms with E-state index in [1.54, 1.807) is 13.3 Å². The van der Waals surface area contributed by atoms with E-state index in [2.05, 4.69) is 62.7 Å². The van der Waals surface area contributed by atoms with Crippen LogP contribution in [0.1, 0.15) is 16.7 Å². The Bertz CT molecular complexity index is 1010. The minimum absolute atomic E-state index is 0.404. The van der Waals surface area contributed by atoms with Crippen molar-refractivity contribution in [3.8, 4) is 17.2 Å². The van der Waals surface area contributed by atoms with Crippen LogP contribution in [0.15, 0.2) is 41.7 Å². The Labute approximate surface area is 195 Å². The van der Waals surface area contributed by atoms with E-state index in [0.717, 1.165) is 14.9 Å². The minimum Gasteiger partial charge on any atom is -0.493 e. The first-order chi connectivity index (χ1) is 15.1. The number of nitrogens with one attached hydrogen (secondary N) is 1. The maximum Gasteiger partial charge on any atom is 0.245 e. The van der Waals surface area contributed by atoms with Gasteiger partial charge in [-0.1, -0.05) is 6.07 Å². The summed E-state index contributed by atoms with van der Waals surface area (Å²) < 4.78 is 23.6. The van der Waals surface area contributed by atoms with Crippen LogP contribution in [0.4, 0.5) is 5.95 Å². The molecule has 0 fully saturated rings. The molecule has 0 radical (unpaired) electrons. The fraction of sp³-hybridized carbons (Fsp3) is 0.318. The molecule has 8 nitrogen and oxygen atoms in total. The number of aromatic nitrogens is 3. The molecule has 0 saturated heterocycles. The fourth-order valence-electron chi connectivity index (χ4n) is 2.68. The normalized spacial score (nSPS) is 11.1. The number of hydrogen-bond acceptors (Lipinski definition) is 7. The highest BCUT2D eigenvalue weighted by Gasteiger charge is 2.11. The topological polar surface area (TPSA) is 90.9 Å². The van der Waals surface area contributed by atoms with Gasteiger partial charge >= 0.3 is 0 Å². The molecule has 1 heterocycles. The van der Waals surface area contributed by atoms with Gasteiger partial charge in [0.1, 0.15) is 25.3 Å². The first-order valence-corrected chi connectivity index (χ1v) is 10.8. The molecule has 1 N–H and O–H groups in total. The third-order valence-corrected chi connectivity index (χ3v) is 5.24. The lowest BCUT2D eigenvalue weighted by Crippen LogP contribution is -2.13. The second-order valence-corrected chi connectivity index (χ2v) is 7.82. The third kappa shape index (κ3) is 6.93. The Kier molecular flexibility index (Phi) is 8.65.